The molecule has 0 radical (unpaired) electrons. The van der Waals surface area contributed by atoms with Gasteiger partial charge in [0.25, 0.3) is 0 Å². The molecule has 4 aromatic rings. The van der Waals surface area contributed by atoms with Gasteiger partial charge in [0.15, 0.2) is 0 Å². The molecule has 0 saturated heterocycles. The molecule has 4 nitrogen and oxygen atoms in total. The van der Waals surface area contributed by atoms with Crippen molar-refractivity contribution in [1.82, 2.24) is 9.55 Å². The van der Waals surface area contributed by atoms with Gasteiger partial charge in [-0.3, -0.25) is 0 Å². The Bertz CT molecular complexity index is 1520. The summed E-state index contributed by atoms with van der Waals surface area (Å²) in [5.74, 6) is 1.80. The van der Waals surface area contributed by atoms with Gasteiger partial charge in [0.05, 0.1) is 17.1 Å². The molecule has 3 aromatic carbocycles. The molecule has 0 spiro atoms. The Morgan fingerprint density at radius 1 is 1.09 bits per heavy atom. The average molecular weight is 464 g/mol. The van der Waals surface area contributed by atoms with Gasteiger partial charge in [0, 0.05) is 35.2 Å². The van der Waals surface area contributed by atoms with Crippen LogP contribution in [0.1, 0.15) is 66.6 Å². The first-order valence-corrected chi connectivity index (χ1v) is 12.2. The van der Waals surface area contributed by atoms with Gasteiger partial charge in [0.1, 0.15) is 24.0 Å². The van der Waals surface area contributed by atoms with E-state index in [4.69, 9.17) is 9.72 Å². The second kappa shape index (κ2) is 8.70. The fourth-order valence-corrected chi connectivity index (χ4v) is 5.63. The smallest absolute Gasteiger partial charge is 0.130 e. The summed E-state index contributed by atoms with van der Waals surface area (Å²) in [6.45, 7) is 2.84. The highest BCUT2D eigenvalue weighted by molar-refractivity contribution is 5.88. The first-order chi connectivity index (χ1) is 17.1. The third-order valence-electron chi connectivity index (χ3n) is 7.32. The Morgan fingerprint density at radius 2 is 1.89 bits per heavy atom. The van der Waals surface area contributed by atoms with Crippen LogP contribution >= 0.6 is 0 Å². The summed E-state index contributed by atoms with van der Waals surface area (Å²) in [4.78, 5) is 5.03. The van der Waals surface area contributed by atoms with E-state index in [1.807, 2.05) is 6.07 Å². The summed E-state index contributed by atoms with van der Waals surface area (Å²) in [6.07, 6.45) is 4.91. The van der Waals surface area contributed by atoms with Gasteiger partial charge < -0.3 is 9.30 Å². The number of ether oxygens (including phenoxy) is 1. The summed E-state index contributed by atoms with van der Waals surface area (Å²) < 4.78 is 22.4. The minimum Gasteiger partial charge on any atom is -0.488 e. The lowest BCUT2D eigenvalue weighted by atomic mass is 9.90. The molecule has 1 aliphatic heterocycles. The zero-order chi connectivity index (χ0) is 23.9. The number of nitriles is 1. The predicted octanol–water partition coefficient (Wildman–Crippen LogP) is 7.12. The summed E-state index contributed by atoms with van der Waals surface area (Å²) in [5, 5.41) is 9.71. The Kier molecular flexibility index (Phi) is 5.37. The second-order valence-electron chi connectivity index (χ2n) is 9.56. The predicted molar refractivity (Wildman–Crippen MR) is 135 cm³/mol. The van der Waals surface area contributed by atoms with E-state index in [1.165, 1.54) is 43.6 Å². The number of aromatic nitrogens is 2. The van der Waals surface area contributed by atoms with E-state index < -0.39 is 0 Å². The molecule has 1 aliphatic carbocycles. The van der Waals surface area contributed by atoms with E-state index >= 15 is 0 Å². The Labute approximate surface area is 204 Å². The molecule has 174 valence electrons. The van der Waals surface area contributed by atoms with Crippen LogP contribution in [0.25, 0.3) is 16.6 Å². The largest absolute Gasteiger partial charge is 0.488 e. The van der Waals surface area contributed by atoms with Gasteiger partial charge in [-0.1, -0.05) is 37.1 Å². The van der Waals surface area contributed by atoms with Crippen molar-refractivity contribution in [1.29, 1.82) is 5.26 Å². The standard InChI is InChI=1S/C30H26FN3O/c1-19(16-32)29-24-12-10-20(14-22(24)18-35-28-15-23(31)11-13-25(28)29)17-34-27-9-5-4-8-26(27)33-30(34)21-6-2-3-7-21/h4-5,8-15,21H,2-3,6-7,17-18H2,1H3/b29-19+. The quantitative estimate of drug-likeness (QED) is 0.304. The van der Waals surface area contributed by atoms with Crippen molar-refractivity contribution in [3.8, 4) is 11.8 Å². The average Bonchev–Trinajstić information content (AvgIpc) is 3.49. The molecule has 0 atom stereocenters. The fraction of sp³-hybridized carbons (Fsp3) is 0.267. The van der Waals surface area contributed by atoms with Crippen LogP contribution < -0.4 is 4.74 Å². The second-order valence-corrected chi connectivity index (χ2v) is 9.56. The maximum absolute atomic E-state index is 14.0. The van der Waals surface area contributed by atoms with E-state index in [1.54, 1.807) is 13.0 Å². The van der Waals surface area contributed by atoms with Crippen molar-refractivity contribution in [3.63, 3.8) is 0 Å². The van der Waals surface area contributed by atoms with Crippen LogP contribution in [0.2, 0.25) is 0 Å². The van der Waals surface area contributed by atoms with Gasteiger partial charge >= 0.3 is 0 Å². The van der Waals surface area contributed by atoms with Gasteiger partial charge in [-0.25, -0.2) is 9.37 Å². The zero-order valence-corrected chi connectivity index (χ0v) is 19.7. The van der Waals surface area contributed by atoms with Crippen LogP contribution in [0.3, 0.4) is 0 Å². The van der Waals surface area contributed by atoms with Crippen molar-refractivity contribution >= 4 is 16.6 Å². The lowest BCUT2D eigenvalue weighted by Gasteiger charge is -2.16. The zero-order valence-electron chi connectivity index (χ0n) is 19.7. The van der Waals surface area contributed by atoms with Crippen molar-refractivity contribution < 1.29 is 9.13 Å². The topological polar surface area (TPSA) is 50.8 Å². The third-order valence-corrected chi connectivity index (χ3v) is 7.32. The molecule has 0 amide bonds. The van der Waals surface area contributed by atoms with Gasteiger partial charge in [-0.05, 0) is 66.8 Å². The molecule has 5 heteroatoms. The highest BCUT2D eigenvalue weighted by Crippen LogP contribution is 2.40. The van der Waals surface area contributed by atoms with Crippen LogP contribution in [-0.2, 0) is 13.2 Å². The monoisotopic (exact) mass is 463 g/mol. The van der Waals surface area contributed by atoms with E-state index in [9.17, 15) is 9.65 Å². The number of rotatable bonds is 3. The van der Waals surface area contributed by atoms with E-state index in [-0.39, 0.29) is 5.82 Å². The van der Waals surface area contributed by atoms with Crippen LogP contribution in [0.5, 0.6) is 5.75 Å². The normalized spacial score (nSPS) is 16.8. The third kappa shape index (κ3) is 3.80. The molecule has 2 heterocycles. The number of imidazole rings is 1. The number of allylic oxidation sites excluding steroid dienone is 1. The summed E-state index contributed by atoms with van der Waals surface area (Å²) in [5.41, 5.74) is 7.45. The lowest BCUT2D eigenvalue weighted by Crippen LogP contribution is -2.09. The van der Waals surface area contributed by atoms with Gasteiger partial charge in [-0.2, -0.15) is 5.26 Å². The maximum atomic E-state index is 14.0. The molecule has 35 heavy (non-hydrogen) atoms. The molecule has 0 unspecified atom stereocenters. The number of benzene rings is 3. The first kappa shape index (κ1) is 21.6. The van der Waals surface area contributed by atoms with Crippen LogP contribution in [0.4, 0.5) is 4.39 Å². The Morgan fingerprint density at radius 3 is 2.71 bits per heavy atom. The van der Waals surface area contributed by atoms with Crippen molar-refractivity contribution in [2.24, 2.45) is 0 Å². The minimum atomic E-state index is -0.351. The molecular formula is C30H26FN3O. The van der Waals surface area contributed by atoms with Crippen LogP contribution in [-0.4, -0.2) is 9.55 Å². The molecule has 1 aromatic heterocycles. The number of hydrogen-bond donors (Lipinski definition) is 0. The van der Waals surface area contributed by atoms with E-state index in [0.29, 0.717) is 23.8 Å². The SMILES string of the molecule is C/C(C#N)=C1/c2ccc(Cn3c(C4CCCC4)nc4ccccc43)cc2COc2cc(F)ccc21. The molecule has 2 aliphatic rings. The number of para-hydroxylation sites is 2. The summed E-state index contributed by atoms with van der Waals surface area (Å²) in [7, 11) is 0. The molecule has 1 fully saturated rings. The lowest BCUT2D eigenvalue weighted by molar-refractivity contribution is 0.305. The highest BCUT2D eigenvalue weighted by Gasteiger charge is 2.25. The minimum absolute atomic E-state index is 0.321. The molecule has 1 saturated carbocycles. The summed E-state index contributed by atoms with van der Waals surface area (Å²) in [6, 6.07) is 21.5. The number of hydrogen-bond acceptors (Lipinski definition) is 3. The maximum Gasteiger partial charge on any atom is 0.130 e. The van der Waals surface area contributed by atoms with Crippen molar-refractivity contribution in [2.75, 3.05) is 0 Å². The molecule has 0 bridgehead atoms. The molecular weight excluding hydrogens is 437 g/mol. The first-order valence-electron chi connectivity index (χ1n) is 12.2. The van der Waals surface area contributed by atoms with E-state index in [2.05, 4.69) is 47.0 Å². The van der Waals surface area contributed by atoms with Crippen molar-refractivity contribution in [3.05, 3.63) is 100 Å². The van der Waals surface area contributed by atoms with Gasteiger partial charge in [-0.15, -0.1) is 0 Å². The fourth-order valence-electron chi connectivity index (χ4n) is 5.63. The van der Waals surface area contributed by atoms with Crippen LogP contribution in [0.15, 0.2) is 66.2 Å². The van der Waals surface area contributed by atoms with Crippen molar-refractivity contribution in [2.45, 2.75) is 51.7 Å². The summed E-state index contributed by atoms with van der Waals surface area (Å²) >= 11 is 0. The Hall–Kier alpha value is -3.91. The van der Waals surface area contributed by atoms with Crippen LogP contribution in [0, 0.1) is 17.1 Å². The molecule has 6 rings (SSSR count). The van der Waals surface area contributed by atoms with E-state index in [0.717, 1.165) is 45.4 Å². The number of nitrogens with zero attached hydrogens (tertiary/aromatic N) is 3. The number of halogens is 1. The molecule has 0 N–H and O–H groups in total. The number of fused-ring (bicyclic) bond motifs is 3. The Balaban J connectivity index is 1.44. The highest BCUT2D eigenvalue weighted by atomic mass is 19.1. The van der Waals surface area contributed by atoms with Gasteiger partial charge in [0.2, 0.25) is 0 Å².